The molecule has 1 saturated heterocycles. The van der Waals surface area contributed by atoms with Crippen molar-refractivity contribution in [2.75, 3.05) is 30.8 Å². The second-order valence-corrected chi connectivity index (χ2v) is 8.68. The Morgan fingerprint density at radius 3 is 2.68 bits per heavy atom. The number of rotatable bonds is 6. The average molecular weight is 516 g/mol. The van der Waals surface area contributed by atoms with Crippen LogP contribution in [0.5, 0.6) is 5.75 Å². The van der Waals surface area contributed by atoms with E-state index in [2.05, 4.69) is 19.8 Å². The van der Waals surface area contributed by atoms with Gasteiger partial charge in [-0.15, -0.1) is 0 Å². The van der Waals surface area contributed by atoms with Crippen LogP contribution in [0.1, 0.15) is 14.6 Å². The number of amides is 1. The standard InChI is InChI=1S/C19H19F5N4O5S/c1-32-16-12(4-3-11(20)15(16)21)28-9-18(33-2,19(22,23)24)8-13(28)17(29)27-10-5-6-26-14(7-10)34(25,30)31/h3-7,13H,8-9H2,1-2H3,(H2,25,30,31)(H,26,27,29)/t13-,18-/m1/s1/i1D3,2D3. The van der Waals surface area contributed by atoms with Crippen LogP contribution in [0.2, 0.25) is 0 Å². The van der Waals surface area contributed by atoms with Gasteiger partial charge in [-0.25, -0.2) is 22.9 Å². The van der Waals surface area contributed by atoms with Crippen molar-refractivity contribution in [3.8, 4) is 5.75 Å². The van der Waals surface area contributed by atoms with Gasteiger partial charge in [-0.05, 0) is 18.2 Å². The number of methoxy groups -OCH3 is 2. The summed E-state index contributed by atoms with van der Waals surface area (Å²) in [5.74, 6) is -6.28. The van der Waals surface area contributed by atoms with E-state index in [1.807, 2.05) is 0 Å². The Kier molecular flexibility index (Phi) is 4.82. The van der Waals surface area contributed by atoms with Gasteiger partial charge in [-0.1, -0.05) is 0 Å². The summed E-state index contributed by atoms with van der Waals surface area (Å²) in [6, 6.07) is 0.781. The minimum atomic E-state index is -5.46. The average Bonchev–Trinajstić information content (AvgIpc) is 3.15. The van der Waals surface area contributed by atoms with Crippen LogP contribution in [0.3, 0.4) is 0 Å². The largest absolute Gasteiger partial charge is 0.491 e. The van der Waals surface area contributed by atoms with Gasteiger partial charge < -0.3 is 19.7 Å². The minimum absolute atomic E-state index is 0.325. The lowest BCUT2D eigenvalue weighted by molar-refractivity contribution is -0.261. The summed E-state index contributed by atoms with van der Waals surface area (Å²) in [5.41, 5.74) is -4.78. The molecule has 0 unspecified atom stereocenters. The molecule has 2 atom stereocenters. The van der Waals surface area contributed by atoms with Crippen LogP contribution in [0, 0.1) is 11.6 Å². The molecule has 2 aromatic rings. The highest BCUT2D eigenvalue weighted by Gasteiger charge is 2.63. The predicted octanol–water partition coefficient (Wildman–Crippen LogP) is 2.18. The second kappa shape index (κ2) is 8.96. The van der Waals surface area contributed by atoms with Crippen molar-refractivity contribution in [3.05, 3.63) is 42.1 Å². The number of hydrogen-bond donors (Lipinski definition) is 2. The van der Waals surface area contributed by atoms with E-state index in [1.165, 1.54) is 0 Å². The quantitative estimate of drug-likeness (QED) is 0.564. The molecule has 34 heavy (non-hydrogen) atoms. The van der Waals surface area contributed by atoms with Crippen LogP contribution in [0.4, 0.5) is 33.3 Å². The molecule has 1 aliphatic heterocycles. The number of alkyl halides is 3. The summed E-state index contributed by atoms with van der Waals surface area (Å²) in [5, 5.41) is 6.37. The zero-order valence-corrected chi connectivity index (χ0v) is 17.5. The number of halogens is 5. The fourth-order valence-electron chi connectivity index (χ4n) is 3.41. The molecule has 0 bridgehead atoms. The smallest absolute Gasteiger partial charge is 0.419 e. The molecule has 0 spiro atoms. The third-order valence-electron chi connectivity index (χ3n) is 5.07. The number of sulfonamides is 1. The number of anilines is 2. The number of carbonyl (C=O) groups excluding carboxylic acids is 1. The lowest BCUT2D eigenvalue weighted by Gasteiger charge is -2.31. The second-order valence-electron chi connectivity index (χ2n) is 7.17. The maximum absolute atomic E-state index is 14.7. The molecular formula is C19H19F5N4O5S. The molecular weight excluding hydrogens is 491 g/mol. The Bertz CT molecular complexity index is 1410. The van der Waals surface area contributed by atoms with E-state index in [0.29, 0.717) is 17.0 Å². The molecule has 1 aliphatic rings. The van der Waals surface area contributed by atoms with Crippen LogP contribution in [0.15, 0.2) is 35.5 Å². The molecule has 9 nitrogen and oxygen atoms in total. The van der Waals surface area contributed by atoms with Crippen molar-refractivity contribution in [1.82, 2.24) is 4.98 Å². The Balaban J connectivity index is 2.17. The lowest BCUT2D eigenvalue weighted by atomic mass is 9.99. The number of aromatic nitrogens is 1. The van der Waals surface area contributed by atoms with Crippen LogP contribution in [0.25, 0.3) is 0 Å². The van der Waals surface area contributed by atoms with Crippen molar-refractivity contribution < 1.29 is 52.9 Å². The fourth-order valence-corrected chi connectivity index (χ4v) is 3.91. The number of ether oxygens (including phenoxy) is 2. The minimum Gasteiger partial charge on any atom is -0.491 e. The molecule has 3 rings (SSSR count). The first-order chi connectivity index (χ1) is 18.0. The summed E-state index contributed by atoms with van der Waals surface area (Å²) < 4.78 is 147. The van der Waals surface area contributed by atoms with Crippen LogP contribution in [-0.4, -0.2) is 57.7 Å². The zero-order valence-electron chi connectivity index (χ0n) is 22.7. The van der Waals surface area contributed by atoms with E-state index < -0.39 is 88.9 Å². The highest BCUT2D eigenvalue weighted by atomic mass is 32.2. The first kappa shape index (κ1) is 18.3. The molecule has 1 fully saturated rings. The third-order valence-corrected chi connectivity index (χ3v) is 5.88. The van der Waals surface area contributed by atoms with Gasteiger partial charge in [-0.3, -0.25) is 4.79 Å². The highest BCUT2D eigenvalue weighted by molar-refractivity contribution is 7.89. The first-order valence-electron chi connectivity index (χ1n) is 12.0. The lowest BCUT2D eigenvalue weighted by Crippen LogP contribution is -2.49. The first-order valence-corrected chi connectivity index (χ1v) is 10.6. The summed E-state index contributed by atoms with van der Waals surface area (Å²) in [6.07, 6.45) is -5.99. The number of pyridine rings is 1. The molecule has 186 valence electrons. The molecule has 15 heteroatoms. The van der Waals surface area contributed by atoms with Gasteiger partial charge in [0, 0.05) is 31.4 Å². The van der Waals surface area contributed by atoms with Gasteiger partial charge >= 0.3 is 6.18 Å². The fraction of sp³-hybridized carbons (Fsp3) is 0.368. The third kappa shape index (κ3) is 4.63. The molecule has 0 aliphatic carbocycles. The molecule has 1 amide bonds. The van der Waals surface area contributed by atoms with E-state index in [9.17, 15) is 35.2 Å². The molecule has 1 aromatic carbocycles. The van der Waals surface area contributed by atoms with Crippen LogP contribution in [-0.2, 0) is 19.6 Å². The van der Waals surface area contributed by atoms with Gasteiger partial charge in [-0.2, -0.15) is 17.6 Å². The Labute approximate surface area is 199 Å². The normalized spacial score (nSPS) is 24.3. The Morgan fingerprint density at radius 2 is 2.06 bits per heavy atom. The SMILES string of the molecule is [2H]C([2H])([2H])Oc1c(N2C[C@@](OC([2H])([2H])[2H])(C(F)(F)F)C[C@@H]2C(=O)Nc2ccnc(S(N)(=O)=O)c2)ccc(F)c1F. The zero-order chi connectivity index (χ0) is 30.5. The van der Waals surface area contributed by atoms with Crippen LogP contribution < -0.4 is 20.1 Å². The van der Waals surface area contributed by atoms with E-state index in [0.717, 1.165) is 18.3 Å². The Hall–Kier alpha value is -3.04. The molecule has 3 N–H and O–H groups in total. The maximum Gasteiger partial charge on any atom is 0.419 e. The van der Waals surface area contributed by atoms with Crippen molar-refractivity contribution in [2.45, 2.75) is 29.3 Å². The van der Waals surface area contributed by atoms with Crippen molar-refractivity contribution in [2.24, 2.45) is 5.14 Å². The predicted molar refractivity (Wildman–Crippen MR) is 109 cm³/mol. The summed E-state index contributed by atoms with van der Waals surface area (Å²) >= 11 is 0. The van der Waals surface area contributed by atoms with Gasteiger partial charge in [0.2, 0.25) is 11.7 Å². The van der Waals surface area contributed by atoms with E-state index in [-0.39, 0.29) is 5.69 Å². The van der Waals surface area contributed by atoms with Gasteiger partial charge in [0.05, 0.1) is 27.5 Å². The molecule has 0 radical (unpaired) electrons. The number of benzene rings is 1. The summed E-state index contributed by atoms with van der Waals surface area (Å²) in [6.45, 7) is -1.51. The molecule has 0 saturated carbocycles. The van der Waals surface area contributed by atoms with Gasteiger partial charge in [0.1, 0.15) is 6.04 Å². The molecule has 1 aromatic heterocycles. The van der Waals surface area contributed by atoms with Crippen molar-refractivity contribution in [3.63, 3.8) is 0 Å². The monoisotopic (exact) mass is 516 g/mol. The van der Waals surface area contributed by atoms with Crippen LogP contribution >= 0.6 is 0 Å². The number of nitrogens with two attached hydrogens (primary N) is 1. The van der Waals surface area contributed by atoms with Crippen molar-refractivity contribution in [1.29, 1.82) is 0 Å². The van der Waals surface area contributed by atoms with E-state index in [4.69, 9.17) is 13.4 Å². The number of nitrogens with one attached hydrogen (secondary N) is 1. The number of carbonyl (C=O) groups is 1. The Morgan fingerprint density at radius 1 is 1.32 bits per heavy atom. The van der Waals surface area contributed by atoms with Crippen molar-refractivity contribution >= 4 is 27.3 Å². The van der Waals surface area contributed by atoms with Gasteiger partial charge in [0.15, 0.2) is 22.2 Å². The highest BCUT2D eigenvalue weighted by Crippen LogP contribution is 2.47. The van der Waals surface area contributed by atoms with E-state index >= 15 is 0 Å². The summed E-state index contributed by atoms with van der Waals surface area (Å²) in [7, 11) is -11.5. The summed E-state index contributed by atoms with van der Waals surface area (Å²) in [4.78, 5) is 17.2. The maximum atomic E-state index is 14.7. The number of hydrogen-bond acceptors (Lipinski definition) is 7. The topological polar surface area (TPSA) is 124 Å². The number of primary sulfonamides is 1. The molecule has 2 heterocycles. The number of nitrogens with zero attached hydrogens (tertiary/aromatic N) is 2. The van der Waals surface area contributed by atoms with E-state index in [1.54, 1.807) is 0 Å². The van der Waals surface area contributed by atoms with Gasteiger partial charge in [0.25, 0.3) is 10.0 Å².